The molecule has 0 radical (unpaired) electrons. The molecule has 0 saturated carbocycles. The zero-order valence-electron chi connectivity index (χ0n) is 25.6. The van der Waals surface area contributed by atoms with Crippen molar-refractivity contribution in [3.63, 3.8) is 0 Å². The molecule has 252 valence electrons. The molecule has 3 aliphatic rings. The number of anilines is 2. The summed E-state index contributed by atoms with van der Waals surface area (Å²) in [6.07, 6.45) is 0.106. The molecular weight excluding hydrogens is 640 g/mol. The lowest BCUT2D eigenvalue weighted by molar-refractivity contribution is -0.148. The Kier molecular flexibility index (Phi) is 9.26. The molecule has 2 unspecified atom stereocenters. The number of aromatic hydroxyl groups is 1. The topological polar surface area (TPSA) is 268 Å². The van der Waals surface area contributed by atoms with Gasteiger partial charge in [0.15, 0.2) is 17.1 Å². The molecule has 17 heteroatoms. The van der Waals surface area contributed by atoms with Crippen molar-refractivity contribution in [1.82, 2.24) is 4.90 Å². The van der Waals surface area contributed by atoms with E-state index in [0.29, 0.717) is 16.8 Å². The molecular formula is C30H34N4O12S. The van der Waals surface area contributed by atoms with Gasteiger partial charge in [-0.3, -0.25) is 33.2 Å². The number of likely N-dealkylation sites (N-methyl/N-ethyl adjacent to an activating group) is 1. The number of hydrogen-bond donors (Lipinski definition) is 8. The fourth-order valence-corrected chi connectivity index (χ4v) is 6.58. The van der Waals surface area contributed by atoms with Crippen LogP contribution in [0.2, 0.25) is 0 Å². The van der Waals surface area contributed by atoms with Crippen LogP contribution in [0.3, 0.4) is 0 Å². The van der Waals surface area contributed by atoms with E-state index in [4.69, 9.17) is 23.3 Å². The molecule has 0 spiro atoms. The second-order valence-corrected chi connectivity index (χ2v) is 12.7. The zero-order chi connectivity index (χ0) is 35.3. The predicted octanol–water partition coefficient (Wildman–Crippen LogP) is 0.786. The number of carbonyl (C=O) groups is 4. The van der Waals surface area contributed by atoms with Crippen LogP contribution >= 0.6 is 0 Å². The lowest BCUT2D eigenvalue weighted by Gasteiger charge is -2.50. The second kappa shape index (κ2) is 12.4. The van der Waals surface area contributed by atoms with Crippen LogP contribution in [0.1, 0.15) is 32.7 Å². The molecule has 5 rings (SSSR count). The van der Waals surface area contributed by atoms with Gasteiger partial charge in [-0.2, -0.15) is 8.42 Å². The van der Waals surface area contributed by atoms with Crippen molar-refractivity contribution in [3.05, 3.63) is 75.8 Å². The van der Waals surface area contributed by atoms with Crippen molar-refractivity contribution in [2.45, 2.75) is 24.5 Å². The number of hydrogen-bond acceptors (Lipinski definition) is 12. The summed E-state index contributed by atoms with van der Waals surface area (Å²) in [7, 11) is 1.94. The van der Waals surface area contributed by atoms with Crippen LogP contribution in [-0.2, 0) is 26.4 Å². The highest BCUT2D eigenvalue weighted by molar-refractivity contribution is 7.79. The minimum atomic E-state index is -4.67. The zero-order valence-corrected chi connectivity index (χ0v) is 26.4. The number of phenols is 1. The van der Waals surface area contributed by atoms with Gasteiger partial charge in [-0.15, -0.1) is 0 Å². The fourth-order valence-electron chi connectivity index (χ4n) is 6.58. The molecule has 9 N–H and O–H groups in total. The molecule has 0 aliphatic heterocycles. The first-order chi connectivity index (χ1) is 21.7. The lowest BCUT2D eigenvalue weighted by Crippen LogP contribution is -2.63. The van der Waals surface area contributed by atoms with Crippen LogP contribution in [0.15, 0.2) is 59.1 Å². The number of ketones is 2. The quantitative estimate of drug-likeness (QED) is 0.124. The van der Waals surface area contributed by atoms with Crippen LogP contribution in [0.5, 0.6) is 5.75 Å². The van der Waals surface area contributed by atoms with Crippen molar-refractivity contribution in [2.24, 2.45) is 17.6 Å². The summed E-state index contributed by atoms with van der Waals surface area (Å²) in [6, 6.07) is 8.76. The minimum Gasteiger partial charge on any atom is -0.510 e. The number of benzene rings is 2. The number of phenolic OH excluding ortho intramolecular Hbond substituents is 1. The Hall–Kier alpha value is -4.81. The van der Waals surface area contributed by atoms with Crippen LogP contribution in [0.25, 0.3) is 0 Å². The molecule has 2 aromatic carbocycles. The number of nitrogens with one attached hydrogen (secondary N) is 1. The number of aliphatic hydroxyl groups excluding tert-OH is 2. The molecule has 0 aromatic heterocycles. The first kappa shape index (κ1) is 35.1. The van der Waals surface area contributed by atoms with Crippen LogP contribution in [-0.4, -0.2) is 106 Å². The average molecular weight is 675 g/mol. The van der Waals surface area contributed by atoms with E-state index in [1.165, 1.54) is 4.90 Å². The molecule has 16 nitrogen and oxygen atoms in total. The monoisotopic (exact) mass is 674 g/mol. The highest BCUT2D eigenvalue weighted by Crippen LogP contribution is 2.54. The number of fused-ring (bicyclic) bond motifs is 3. The van der Waals surface area contributed by atoms with Crippen LogP contribution in [0.4, 0.5) is 11.4 Å². The van der Waals surface area contributed by atoms with Crippen LogP contribution < -0.4 is 16.0 Å². The van der Waals surface area contributed by atoms with Gasteiger partial charge < -0.3 is 36.4 Å². The number of rotatable bonds is 5. The Morgan fingerprint density at radius 3 is 2.11 bits per heavy atom. The van der Waals surface area contributed by atoms with Gasteiger partial charge in [0.25, 0.3) is 11.8 Å². The third kappa shape index (κ3) is 6.18. The summed E-state index contributed by atoms with van der Waals surface area (Å²) in [6.45, 7) is 0. The number of aliphatic hydroxyl groups is 3. The molecule has 0 saturated heterocycles. The number of allylic oxidation sites excluding steroid dienone is 1. The molecule has 0 fully saturated rings. The van der Waals surface area contributed by atoms with Crippen molar-refractivity contribution in [2.75, 3.05) is 38.4 Å². The second-order valence-electron chi connectivity index (χ2n) is 11.8. The third-order valence-electron chi connectivity index (χ3n) is 8.46. The fraction of sp³-hybridized carbons (Fsp3) is 0.333. The number of carbonyl (C=O) groups excluding carboxylic acids is 4. The average Bonchev–Trinajstić information content (AvgIpc) is 2.95. The van der Waals surface area contributed by atoms with Crippen molar-refractivity contribution in [3.8, 4) is 5.75 Å². The number of amides is 2. The van der Waals surface area contributed by atoms with Gasteiger partial charge in [-0.25, -0.2) is 0 Å². The number of nitrogens with two attached hydrogens (primary N) is 1. The normalized spacial score (nSPS) is 23.7. The summed E-state index contributed by atoms with van der Waals surface area (Å²) in [5, 5.41) is 48.1. The van der Waals surface area contributed by atoms with Gasteiger partial charge >= 0.3 is 10.4 Å². The highest BCUT2D eigenvalue weighted by atomic mass is 32.3. The smallest absolute Gasteiger partial charge is 0.394 e. The lowest BCUT2D eigenvalue weighted by atomic mass is 9.58. The van der Waals surface area contributed by atoms with E-state index in [-0.39, 0.29) is 29.7 Å². The molecule has 4 atom stereocenters. The molecule has 2 amide bonds. The standard InChI is InChI=1S/C30H32N4O8.H2O4S/c1-33(2)18-12-17(32-29(41)13-8-6-5-7-9-13)23(35)20-15(18)10-14-11-16-22(34(3)4)25(37)21(28(31)40)27(39)30(16,42)26(38)19(14)24(20)36;1-5(2,3)4/h5-9,12,14,16,22,35,37-38,42H,10-11H2,1-4H3,(H2,31,40)(H,32,41);(H2,1,2,3,4)/t14?,16?,22-,30-;/m0./s1. The van der Waals surface area contributed by atoms with E-state index >= 15 is 0 Å². The Labute approximate surface area is 269 Å². The SMILES string of the molecule is CN(C)c1cc(NC(=O)c2ccccc2)c(O)c2c1CC1CC3[C@H](N(C)C)C(O)=C(C(N)=O)C(=O)[C@@]3(O)C(O)=C1C2=O.O=S(=O)(O)O. The maximum absolute atomic E-state index is 14.1. The Morgan fingerprint density at radius 1 is 1.02 bits per heavy atom. The number of primary amides is 1. The molecule has 3 aliphatic carbocycles. The van der Waals surface area contributed by atoms with Gasteiger partial charge in [0.1, 0.15) is 17.1 Å². The Balaban J connectivity index is 0.000000930. The number of Topliss-reactive ketones (excluding diaryl/α,β-unsaturated/α-hetero) is 2. The summed E-state index contributed by atoms with van der Waals surface area (Å²) >= 11 is 0. The van der Waals surface area contributed by atoms with Gasteiger partial charge in [-0.05, 0) is 56.6 Å². The Bertz CT molecular complexity index is 1850. The van der Waals surface area contributed by atoms with E-state index in [9.17, 15) is 39.6 Å². The van der Waals surface area contributed by atoms with E-state index in [2.05, 4.69) is 5.32 Å². The first-order valence-electron chi connectivity index (χ1n) is 14.0. The number of nitrogens with zero attached hydrogens (tertiary/aromatic N) is 2. The summed E-state index contributed by atoms with van der Waals surface area (Å²) in [5.41, 5.74) is 2.57. The maximum atomic E-state index is 14.1. The van der Waals surface area contributed by atoms with Gasteiger partial charge in [0.05, 0.1) is 17.3 Å². The van der Waals surface area contributed by atoms with Crippen LogP contribution in [0, 0.1) is 11.8 Å². The maximum Gasteiger partial charge on any atom is 0.394 e. The van der Waals surface area contributed by atoms with E-state index in [0.717, 1.165) is 0 Å². The van der Waals surface area contributed by atoms with Gasteiger partial charge in [0, 0.05) is 36.8 Å². The predicted molar refractivity (Wildman–Crippen MR) is 167 cm³/mol. The highest BCUT2D eigenvalue weighted by Gasteiger charge is 2.63. The third-order valence-corrected chi connectivity index (χ3v) is 8.46. The Morgan fingerprint density at radius 2 is 1.60 bits per heavy atom. The summed E-state index contributed by atoms with van der Waals surface area (Å²) in [4.78, 5) is 55.8. The molecule has 0 bridgehead atoms. The molecule has 47 heavy (non-hydrogen) atoms. The first-order valence-corrected chi connectivity index (χ1v) is 15.4. The van der Waals surface area contributed by atoms with E-state index < -0.39 is 80.1 Å². The van der Waals surface area contributed by atoms with E-state index in [1.807, 2.05) is 0 Å². The molecule has 2 aromatic rings. The van der Waals surface area contributed by atoms with Crippen molar-refractivity contribution in [1.29, 1.82) is 0 Å². The summed E-state index contributed by atoms with van der Waals surface area (Å²) < 4.78 is 31.6. The van der Waals surface area contributed by atoms with Crippen molar-refractivity contribution >= 4 is 45.2 Å². The van der Waals surface area contributed by atoms with E-state index in [1.54, 1.807) is 69.5 Å². The molecule has 0 heterocycles. The van der Waals surface area contributed by atoms with Gasteiger partial charge in [-0.1, -0.05) is 18.2 Å². The largest absolute Gasteiger partial charge is 0.510 e. The van der Waals surface area contributed by atoms with Crippen molar-refractivity contribution < 1.29 is 57.1 Å². The summed E-state index contributed by atoms with van der Waals surface area (Å²) in [5.74, 6) is -7.90. The van der Waals surface area contributed by atoms with Gasteiger partial charge in [0.2, 0.25) is 5.78 Å². The minimum absolute atomic E-state index is 0.0219.